The molecule has 1 N–H and O–H groups in total. The van der Waals surface area contributed by atoms with E-state index >= 15 is 0 Å². The minimum atomic E-state index is -0.371. The molecular formula is C14H12N2O3S. The third-order valence-corrected chi connectivity index (χ3v) is 3.88. The monoisotopic (exact) mass is 288 g/mol. The highest BCUT2D eigenvalue weighted by Crippen LogP contribution is 2.23. The smallest absolute Gasteiger partial charge is 0.349 e. The minimum absolute atomic E-state index is 0.189. The molecule has 0 bridgehead atoms. The van der Waals surface area contributed by atoms with Gasteiger partial charge >= 0.3 is 11.6 Å². The highest BCUT2D eigenvalue weighted by Gasteiger charge is 2.10. The van der Waals surface area contributed by atoms with Gasteiger partial charge in [-0.25, -0.2) is 4.79 Å². The number of methoxy groups -OCH3 is 1. The summed E-state index contributed by atoms with van der Waals surface area (Å²) in [5.74, 6) is 0.759. The average molecular weight is 288 g/mol. The summed E-state index contributed by atoms with van der Waals surface area (Å²) in [7, 11) is 1.61. The molecular weight excluding hydrogens is 276 g/mol. The number of ether oxygens (including phenoxy) is 1. The molecule has 0 atom stereocenters. The van der Waals surface area contributed by atoms with Gasteiger partial charge in [-0.1, -0.05) is 0 Å². The van der Waals surface area contributed by atoms with Gasteiger partial charge in [-0.15, -0.1) is 11.3 Å². The molecule has 0 aliphatic rings. The summed E-state index contributed by atoms with van der Waals surface area (Å²) in [5.41, 5.74) is 1.29. The molecule has 2 aromatic heterocycles. The van der Waals surface area contributed by atoms with Crippen molar-refractivity contribution in [3.63, 3.8) is 0 Å². The summed E-state index contributed by atoms with van der Waals surface area (Å²) in [6.07, 6.45) is 0. The number of anilines is 2. The average Bonchev–Trinajstić information content (AvgIpc) is 2.81. The van der Waals surface area contributed by atoms with E-state index in [1.54, 1.807) is 7.11 Å². The second kappa shape index (κ2) is 4.97. The number of thiophene rings is 1. The van der Waals surface area contributed by atoms with Gasteiger partial charge in [-0.05, 0) is 42.1 Å². The predicted molar refractivity (Wildman–Crippen MR) is 79.2 cm³/mol. The Labute approximate surface area is 118 Å². The second-order valence-corrected chi connectivity index (χ2v) is 5.12. The molecule has 20 heavy (non-hydrogen) atoms. The fourth-order valence-corrected chi connectivity index (χ4v) is 2.77. The normalized spacial score (nSPS) is 10.7. The zero-order chi connectivity index (χ0) is 14.1. The summed E-state index contributed by atoms with van der Waals surface area (Å²) >= 11 is 1.43. The van der Waals surface area contributed by atoms with Crippen molar-refractivity contribution in [1.82, 2.24) is 4.98 Å². The SMILES string of the molecule is COc1ccc(Nc2nc3scc(C)c3c(=O)o2)cc1. The van der Waals surface area contributed by atoms with Crippen molar-refractivity contribution < 1.29 is 9.15 Å². The number of hydrogen-bond donors (Lipinski definition) is 1. The predicted octanol–water partition coefficient (Wildman–Crippen LogP) is 3.31. The van der Waals surface area contributed by atoms with Crippen molar-refractivity contribution >= 4 is 33.3 Å². The minimum Gasteiger partial charge on any atom is -0.497 e. The standard InChI is InChI=1S/C14H12N2O3S/c1-8-7-20-12-11(8)13(17)19-14(16-12)15-9-3-5-10(18-2)6-4-9/h3-7H,1-2H3,(H,15,16). The fraction of sp³-hybridized carbons (Fsp3) is 0.143. The Morgan fingerprint density at radius 1 is 1.30 bits per heavy atom. The van der Waals surface area contributed by atoms with Crippen molar-refractivity contribution in [1.29, 1.82) is 0 Å². The van der Waals surface area contributed by atoms with Gasteiger partial charge in [0.05, 0.1) is 12.5 Å². The first kappa shape index (κ1) is 12.7. The van der Waals surface area contributed by atoms with Crippen molar-refractivity contribution in [2.75, 3.05) is 12.4 Å². The summed E-state index contributed by atoms with van der Waals surface area (Å²) in [6.45, 7) is 1.87. The van der Waals surface area contributed by atoms with Crippen LogP contribution >= 0.6 is 11.3 Å². The first-order chi connectivity index (χ1) is 9.67. The molecule has 0 fully saturated rings. The molecule has 102 valence electrons. The third kappa shape index (κ3) is 2.25. The fourth-order valence-electron chi connectivity index (χ4n) is 1.87. The van der Waals surface area contributed by atoms with Gasteiger partial charge in [0.1, 0.15) is 10.6 Å². The van der Waals surface area contributed by atoms with E-state index in [0.29, 0.717) is 10.2 Å². The first-order valence-electron chi connectivity index (χ1n) is 5.97. The van der Waals surface area contributed by atoms with Crippen molar-refractivity contribution in [3.05, 3.63) is 45.6 Å². The molecule has 0 radical (unpaired) electrons. The lowest BCUT2D eigenvalue weighted by Gasteiger charge is -2.05. The lowest BCUT2D eigenvalue weighted by Crippen LogP contribution is -2.04. The second-order valence-electron chi connectivity index (χ2n) is 4.26. The molecule has 2 heterocycles. The maximum Gasteiger partial charge on any atom is 0.349 e. The van der Waals surface area contributed by atoms with Crippen molar-refractivity contribution in [2.24, 2.45) is 0 Å². The van der Waals surface area contributed by atoms with E-state index in [0.717, 1.165) is 17.0 Å². The number of aryl methyl sites for hydroxylation is 1. The zero-order valence-electron chi connectivity index (χ0n) is 11.0. The largest absolute Gasteiger partial charge is 0.497 e. The van der Waals surface area contributed by atoms with E-state index in [1.165, 1.54) is 11.3 Å². The van der Waals surface area contributed by atoms with Gasteiger partial charge in [0.2, 0.25) is 0 Å². The maximum absolute atomic E-state index is 11.9. The molecule has 6 heteroatoms. The molecule has 0 saturated carbocycles. The van der Waals surface area contributed by atoms with Gasteiger partial charge in [0.15, 0.2) is 0 Å². The van der Waals surface area contributed by atoms with Crippen molar-refractivity contribution in [2.45, 2.75) is 6.92 Å². The topological polar surface area (TPSA) is 64.4 Å². The summed E-state index contributed by atoms with van der Waals surface area (Å²) in [6, 6.07) is 7.46. The van der Waals surface area contributed by atoms with Crippen LogP contribution in [0, 0.1) is 6.92 Å². The third-order valence-electron chi connectivity index (χ3n) is 2.89. The van der Waals surface area contributed by atoms with Gasteiger partial charge in [0.25, 0.3) is 0 Å². The Bertz CT molecular complexity index is 805. The molecule has 0 saturated heterocycles. The lowest BCUT2D eigenvalue weighted by atomic mass is 10.3. The number of benzene rings is 1. The molecule has 0 aliphatic heterocycles. The van der Waals surface area contributed by atoms with Gasteiger partial charge in [-0.3, -0.25) is 0 Å². The molecule has 3 aromatic rings. The summed E-state index contributed by atoms with van der Waals surface area (Å²) < 4.78 is 10.3. The van der Waals surface area contributed by atoms with Gasteiger partial charge < -0.3 is 14.5 Å². The zero-order valence-corrected chi connectivity index (χ0v) is 11.8. The molecule has 0 unspecified atom stereocenters. The molecule has 0 amide bonds. The van der Waals surface area contributed by atoms with Crippen LogP contribution in [0.3, 0.4) is 0 Å². The number of fused-ring (bicyclic) bond motifs is 1. The number of hydrogen-bond acceptors (Lipinski definition) is 6. The lowest BCUT2D eigenvalue weighted by molar-refractivity contribution is 0.415. The van der Waals surface area contributed by atoms with Crippen LogP contribution in [0.5, 0.6) is 5.75 Å². The molecule has 1 aromatic carbocycles. The molecule has 3 rings (SSSR count). The van der Waals surface area contributed by atoms with Crippen LogP contribution in [0.25, 0.3) is 10.2 Å². The number of nitrogens with zero attached hydrogens (tertiary/aromatic N) is 1. The van der Waals surface area contributed by atoms with E-state index in [9.17, 15) is 4.79 Å². The van der Waals surface area contributed by atoms with Crippen LogP contribution < -0.4 is 15.7 Å². The highest BCUT2D eigenvalue weighted by molar-refractivity contribution is 7.16. The van der Waals surface area contributed by atoms with Crippen molar-refractivity contribution in [3.8, 4) is 5.75 Å². The molecule has 0 aliphatic carbocycles. The van der Waals surface area contributed by atoms with Gasteiger partial charge in [0, 0.05) is 5.69 Å². The van der Waals surface area contributed by atoms with Crippen LogP contribution in [0.15, 0.2) is 38.9 Å². The summed E-state index contributed by atoms with van der Waals surface area (Å²) in [4.78, 5) is 16.9. The number of rotatable bonds is 3. The first-order valence-corrected chi connectivity index (χ1v) is 6.85. The van der Waals surface area contributed by atoms with Crippen LogP contribution in [-0.2, 0) is 0 Å². The number of nitrogens with one attached hydrogen (secondary N) is 1. The number of aromatic nitrogens is 1. The van der Waals surface area contributed by atoms with E-state index in [4.69, 9.17) is 9.15 Å². The summed E-state index contributed by atoms with van der Waals surface area (Å²) in [5, 5.41) is 5.42. The Balaban J connectivity index is 1.96. The van der Waals surface area contributed by atoms with Crippen LogP contribution in [0.2, 0.25) is 0 Å². The van der Waals surface area contributed by atoms with Crippen LogP contribution in [-0.4, -0.2) is 12.1 Å². The quantitative estimate of drug-likeness (QED) is 0.801. The Morgan fingerprint density at radius 2 is 2.05 bits per heavy atom. The highest BCUT2D eigenvalue weighted by atomic mass is 32.1. The van der Waals surface area contributed by atoms with E-state index in [-0.39, 0.29) is 11.6 Å². The Kier molecular flexibility index (Phi) is 3.15. The van der Waals surface area contributed by atoms with E-state index < -0.39 is 0 Å². The Morgan fingerprint density at radius 3 is 2.75 bits per heavy atom. The molecule has 5 nitrogen and oxygen atoms in total. The van der Waals surface area contributed by atoms with Crippen LogP contribution in [0.1, 0.15) is 5.56 Å². The van der Waals surface area contributed by atoms with Gasteiger partial charge in [-0.2, -0.15) is 4.98 Å². The van der Waals surface area contributed by atoms with Crippen LogP contribution in [0.4, 0.5) is 11.7 Å². The maximum atomic E-state index is 11.9. The van der Waals surface area contributed by atoms with E-state index in [1.807, 2.05) is 36.6 Å². The Hall–Kier alpha value is -2.34. The molecule has 0 spiro atoms. The van der Waals surface area contributed by atoms with E-state index in [2.05, 4.69) is 10.3 Å².